The van der Waals surface area contributed by atoms with Crippen molar-refractivity contribution in [1.82, 2.24) is 19.7 Å². The monoisotopic (exact) mass is 523 g/mol. The molecular formula is C25H38FN5O4S. The van der Waals surface area contributed by atoms with Crippen LogP contribution >= 0.6 is 10.8 Å². The minimum atomic E-state index is -2.81. The second kappa shape index (κ2) is 13.0. The van der Waals surface area contributed by atoms with Crippen LogP contribution in [0.15, 0.2) is 35.5 Å². The average Bonchev–Trinajstić information content (AvgIpc) is 3.35. The van der Waals surface area contributed by atoms with Crippen molar-refractivity contribution in [1.29, 1.82) is 0 Å². The number of phenolic OH excluding ortho intramolecular Hbond substituents is 1. The summed E-state index contributed by atoms with van der Waals surface area (Å²) in [4.78, 5) is 25.2. The zero-order valence-electron chi connectivity index (χ0n) is 21.2. The van der Waals surface area contributed by atoms with Crippen molar-refractivity contribution in [3.8, 4) is 5.75 Å². The predicted octanol–water partition coefficient (Wildman–Crippen LogP) is 2.92. The molecule has 9 nitrogen and oxygen atoms in total. The normalized spacial score (nSPS) is 25.5. The Kier molecular flexibility index (Phi) is 10.0. The van der Waals surface area contributed by atoms with E-state index in [1.807, 2.05) is 31.9 Å². The maximum absolute atomic E-state index is 14.1. The highest BCUT2D eigenvalue weighted by atomic mass is 32.3. The number of nitrogens with one attached hydrogen (secondary N) is 4. The number of allylic oxidation sites excluding steroid dienone is 1. The molecule has 0 bridgehead atoms. The third-order valence-corrected chi connectivity index (χ3v) is 8.49. The molecule has 3 aliphatic rings. The van der Waals surface area contributed by atoms with Crippen LogP contribution in [-0.4, -0.2) is 68.1 Å². The van der Waals surface area contributed by atoms with Crippen LogP contribution in [0.25, 0.3) is 0 Å². The first-order chi connectivity index (χ1) is 17.3. The van der Waals surface area contributed by atoms with Gasteiger partial charge >= 0.3 is 0 Å². The lowest BCUT2D eigenvalue weighted by molar-refractivity contribution is -0.137. The summed E-state index contributed by atoms with van der Waals surface area (Å²) in [6.07, 6.45) is 8.01. The van der Waals surface area contributed by atoms with Crippen LogP contribution in [0.2, 0.25) is 0 Å². The smallest absolute Gasteiger partial charge is 0.225 e. The quantitative estimate of drug-likeness (QED) is 0.331. The Balaban J connectivity index is 0.000000275. The third kappa shape index (κ3) is 6.92. The Morgan fingerprint density at radius 2 is 2.06 bits per heavy atom. The number of ether oxygens (including phenoxy) is 1. The highest BCUT2D eigenvalue weighted by Gasteiger charge is 2.34. The van der Waals surface area contributed by atoms with E-state index in [1.54, 1.807) is 18.3 Å². The summed E-state index contributed by atoms with van der Waals surface area (Å²) in [6.45, 7) is 7.05. The van der Waals surface area contributed by atoms with Crippen LogP contribution in [0.1, 0.15) is 30.4 Å². The van der Waals surface area contributed by atoms with Crippen molar-refractivity contribution in [3.05, 3.63) is 46.6 Å². The largest absolute Gasteiger partial charge is 0.508 e. The van der Waals surface area contributed by atoms with Gasteiger partial charge in [0.2, 0.25) is 5.91 Å². The van der Waals surface area contributed by atoms with E-state index in [0.29, 0.717) is 38.3 Å². The molecule has 0 aliphatic carbocycles. The molecule has 3 aliphatic heterocycles. The van der Waals surface area contributed by atoms with Crippen molar-refractivity contribution in [2.24, 2.45) is 5.92 Å². The summed E-state index contributed by atoms with van der Waals surface area (Å²) in [5.74, 6) is 0.691. The van der Waals surface area contributed by atoms with Crippen LogP contribution in [-0.2, 0) is 14.3 Å². The molecule has 36 heavy (non-hydrogen) atoms. The first kappa shape index (κ1) is 27.8. The summed E-state index contributed by atoms with van der Waals surface area (Å²) in [7, 11) is -0.955. The molecule has 2 fully saturated rings. The van der Waals surface area contributed by atoms with Crippen molar-refractivity contribution in [2.45, 2.75) is 39.2 Å². The number of nitrogens with zero attached hydrogens (tertiary/aromatic N) is 1. The van der Waals surface area contributed by atoms with E-state index < -0.39 is 10.8 Å². The standard InChI is InChI=1S/C16H25FN4O3S.C9H13NO/c17-25(15(12-22)10-20-25)19-6-1-5-18-14-2-7-21(11-14)16(23)13-3-8-24-9-4-13;1-6-4-5-8(11)7(2)9(6)10-3/h1,5,10,12-14,18-20H,2-4,6-9,11H2;4-5,10-11H,1-3H3/b5-1-;. The molecule has 0 radical (unpaired) electrons. The molecule has 0 saturated carbocycles. The van der Waals surface area contributed by atoms with Gasteiger partial charge < -0.3 is 30.1 Å². The molecule has 1 amide bonds. The Morgan fingerprint density at radius 1 is 1.31 bits per heavy atom. The summed E-state index contributed by atoms with van der Waals surface area (Å²) < 4.78 is 24.6. The lowest BCUT2D eigenvalue weighted by Crippen LogP contribution is -2.39. The Hall–Kier alpha value is -2.76. The number of phenols is 1. The van der Waals surface area contributed by atoms with Gasteiger partial charge in [-0.25, -0.2) is 4.72 Å². The summed E-state index contributed by atoms with van der Waals surface area (Å²) in [5.41, 5.74) is 3.08. The SMILES string of the molecule is CNc1c(C)ccc(O)c1C.O=CC1=CNS1(F)NC/C=C\NC1CCN(C(=O)C2CCOCC2)C1. The third-order valence-electron chi connectivity index (χ3n) is 6.62. The number of amides is 1. The molecule has 200 valence electrons. The van der Waals surface area contributed by atoms with E-state index in [4.69, 9.17) is 4.74 Å². The highest BCUT2D eigenvalue weighted by Crippen LogP contribution is 2.54. The Labute approximate surface area is 214 Å². The van der Waals surface area contributed by atoms with E-state index >= 15 is 0 Å². The fraction of sp³-hybridized carbons (Fsp3) is 0.520. The van der Waals surface area contributed by atoms with Crippen molar-refractivity contribution in [2.75, 3.05) is 45.2 Å². The Bertz CT molecular complexity index is 985. The molecule has 4 rings (SSSR count). The molecule has 2 atom stereocenters. The van der Waals surface area contributed by atoms with Crippen molar-refractivity contribution in [3.63, 3.8) is 0 Å². The van der Waals surface area contributed by atoms with E-state index in [9.17, 15) is 18.6 Å². The van der Waals surface area contributed by atoms with Gasteiger partial charge in [0.25, 0.3) is 0 Å². The number of halogens is 1. The lowest BCUT2D eigenvalue weighted by atomic mass is 9.99. The summed E-state index contributed by atoms with van der Waals surface area (Å²) in [5, 5.41) is 15.6. The second-order valence-corrected chi connectivity index (χ2v) is 11.1. The van der Waals surface area contributed by atoms with Crippen molar-refractivity contribution < 1.29 is 23.3 Å². The van der Waals surface area contributed by atoms with Gasteiger partial charge in [0, 0.05) is 69.3 Å². The van der Waals surface area contributed by atoms with E-state index in [1.165, 1.54) is 6.20 Å². The van der Waals surface area contributed by atoms with Crippen LogP contribution in [0.5, 0.6) is 5.75 Å². The molecule has 0 spiro atoms. The molecule has 3 heterocycles. The molecule has 1 aromatic carbocycles. The first-order valence-corrected chi connectivity index (χ1v) is 13.8. The van der Waals surface area contributed by atoms with Crippen LogP contribution in [0, 0.1) is 19.8 Å². The fourth-order valence-electron chi connectivity index (χ4n) is 4.40. The zero-order valence-corrected chi connectivity index (χ0v) is 22.0. The number of carbonyl (C=O) groups is 2. The van der Waals surface area contributed by atoms with Gasteiger partial charge in [0.1, 0.15) is 10.7 Å². The lowest BCUT2D eigenvalue weighted by Gasteiger charge is -2.37. The maximum atomic E-state index is 14.1. The number of likely N-dealkylation sites (tertiary alicyclic amines) is 1. The molecule has 5 N–H and O–H groups in total. The number of aldehydes is 1. The summed E-state index contributed by atoms with van der Waals surface area (Å²) >= 11 is 0. The minimum absolute atomic E-state index is 0.103. The van der Waals surface area contributed by atoms with Gasteiger partial charge in [0.15, 0.2) is 6.29 Å². The van der Waals surface area contributed by atoms with Crippen LogP contribution in [0.3, 0.4) is 0 Å². The van der Waals surface area contributed by atoms with E-state index in [0.717, 1.165) is 42.6 Å². The number of aromatic hydroxyl groups is 1. The minimum Gasteiger partial charge on any atom is -0.508 e. The number of anilines is 1. The average molecular weight is 524 g/mol. The number of hydrogen-bond donors (Lipinski definition) is 5. The number of aryl methyl sites for hydroxylation is 1. The Morgan fingerprint density at radius 3 is 2.67 bits per heavy atom. The molecule has 2 unspecified atom stereocenters. The van der Waals surface area contributed by atoms with Gasteiger partial charge in [-0.05, 0) is 50.9 Å². The van der Waals surface area contributed by atoms with E-state index in [-0.39, 0.29) is 22.8 Å². The zero-order chi connectivity index (χ0) is 26.1. The van der Waals surface area contributed by atoms with Gasteiger partial charge in [-0.15, -0.1) is 3.89 Å². The molecule has 1 aromatic rings. The van der Waals surface area contributed by atoms with Gasteiger partial charge in [-0.3, -0.25) is 9.59 Å². The first-order valence-electron chi connectivity index (χ1n) is 12.2. The van der Waals surface area contributed by atoms with Gasteiger partial charge in [0.05, 0.1) is 10.8 Å². The molecule has 2 saturated heterocycles. The summed E-state index contributed by atoms with van der Waals surface area (Å²) in [6, 6.07) is 3.83. The molecule has 11 heteroatoms. The second-order valence-electron chi connectivity index (χ2n) is 9.05. The highest BCUT2D eigenvalue weighted by molar-refractivity contribution is 8.31. The topological polar surface area (TPSA) is 115 Å². The number of hydrogen-bond acceptors (Lipinski definition) is 8. The number of carbonyl (C=O) groups excluding carboxylic acids is 2. The van der Waals surface area contributed by atoms with Crippen molar-refractivity contribution >= 4 is 28.7 Å². The van der Waals surface area contributed by atoms with Gasteiger partial charge in [-0.2, -0.15) is 0 Å². The predicted molar refractivity (Wildman–Crippen MR) is 142 cm³/mol. The van der Waals surface area contributed by atoms with Crippen LogP contribution < -0.4 is 20.1 Å². The molecule has 0 aromatic heterocycles. The number of rotatable bonds is 8. The number of benzene rings is 1. The molecular weight excluding hydrogens is 485 g/mol. The van der Waals surface area contributed by atoms with E-state index in [2.05, 4.69) is 20.1 Å². The maximum Gasteiger partial charge on any atom is 0.225 e. The van der Waals surface area contributed by atoms with Crippen LogP contribution in [0.4, 0.5) is 9.57 Å². The fourth-order valence-corrected chi connectivity index (χ4v) is 5.57. The van der Waals surface area contributed by atoms with Gasteiger partial charge in [-0.1, -0.05) is 12.1 Å².